The number of halogens is 2. The molecule has 0 heterocycles. The van der Waals surface area contributed by atoms with E-state index in [0.717, 1.165) is 17.3 Å². The monoisotopic (exact) mass is 377 g/mol. The van der Waals surface area contributed by atoms with Crippen LogP contribution in [0.25, 0.3) is 0 Å². The van der Waals surface area contributed by atoms with Crippen molar-refractivity contribution in [2.45, 2.75) is 18.9 Å². The van der Waals surface area contributed by atoms with E-state index in [9.17, 15) is 0 Å². The van der Waals surface area contributed by atoms with Crippen molar-refractivity contribution in [1.29, 1.82) is 0 Å². The minimum atomic E-state index is 0.324. The maximum Gasteiger partial charge on any atom is 0.0338 e. The van der Waals surface area contributed by atoms with Crippen LogP contribution in [0, 0.1) is 15.9 Å². The summed E-state index contributed by atoms with van der Waals surface area (Å²) in [6.07, 6.45) is 7.05. The van der Waals surface area contributed by atoms with Gasteiger partial charge in [0.15, 0.2) is 0 Å². The summed E-state index contributed by atoms with van der Waals surface area (Å²) >= 11 is 5.89. The molecular formula is C12H13BrIN. The highest BCUT2D eigenvalue weighted by atomic mass is 127. The van der Waals surface area contributed by atoms with E-state index in [1.165, 1.54) is 9.13 Å². The summed E-state index contributed by atoms with van der Waals surface area (Å²) in [5.41, 5.74) is 1.28. The molecule has 0 saturated heterocycles. The van der Waals surface area contributed by atoms with Crippen molar-refractivity contribution in [2.24, 2.45) is 0 Å². The summed E-state index contributed by atoms with van der Waals surface area (Å²) < 4.78 is 2.38. The fourth-order valence-electron chi connectivity index (χ4n) is 1.46. The van der Waals surface area contributed by atoms with Crippen molar-refractivity contribution in [2.75, 3.05) is 7.05 Å². The predicted molar refractivity (Wildman–Crippen MR) is 76.7 cm³/mol. The molecule has 0 spiro atoms. The van der Waals surface area contributed by atoms with Crippen LogP contribution in [0.15, 0.2) is 22.7 Å². The van der Waals surface area contributed by atoms with Crippen LogP contribution < -0.4 is 5.32 Å². The van der Waals surface area contributed by atoms with E-state index in [0.29, 0.717) is 6.04 Å². The highest BCUT2D eigenvalue weighted by Crippen LogP contribution is 2.27. The molecule has 80 valence electrons. The van der Waals surface area contributed by atoms with E-state index in [1.54, 1.807) is 0 Å². The lowest BCUT2D eigenvalue weighted by Gasteiger charge is -2.17. The van der Waals surface area contributed by atoms with Crippen molar-refractivity contribution >= 4 is 38.5 Å². The predicted octanol–water partition coefficient (Wildman–Crippen LogP) is 3.73. The Labute approximate surface area is 113 Å². The third-order valence-electron chi connectivity index (χ3n) is 2.26. The highest BCUT2D eigenvalue weighted by Gasteiger charge is 2.11. The van der Waals surface area contributed by atoms with Gasteiger partial charge in [-0.05, 0) is 59.8 Å². The average molecular weight is 378 g/mol. The topological polar surface area (TPSA) is 12.0 Å². The van der Waals surface area contributed by atoms with Crippen LogP contribution in [0.1, 0.15) is 24.4 Å². The summed E-state index contributed by atoms with van der Waals surface area (Å²) in [6.45, 7) is 0. The smallest absolute Gasteiger partial charge is 0.0338 e. The molecule has 1 rings (SSSR count). The van der Waals surface area contributed by atoms with Crippen molar-refractivity contribution in [1.82, 2.24) is 5.32 Å². The highest BCUT2D eigenvalue weighted by molar-refractivity contribution is 14.1. The van der Waals surface area contributed by atoms with Gasteiger partial charge in [0.25, 0.3) is 0 Å². The third kappa shape index (κ3) is 3.78. The summed E-state index contributed by atoms with van der Waals surface area (Å²) in [7, 11) is 1.97. The Balaban J connectivity index is 2.91. The lowest BCUT2D eigenvalue weighted by molar-refractivity contribution is 0.556. The first-order chi connectivity index (χ1) is 7.19. The van der Waals surface area contributed by atoms with E-state index in [-0.39, 0.29) is 0 Å². The molecule has 1 aromatic rings. The van der Waals surface area contributed by atoms with E-state index in [4.69, 9.17) is 6.42 Å². The molecule has 0 fully saturated rings. The zero-order chi connectivity index (χ0) is 11.3. The van der Waals surface area contributed by atoms with Crippen LogP contribution in [0.3, 0.4) is 0 Å². The molecule has 3 heteroatoms. The number of benzene rings is 1. The number of hydrogen-bond acceptors (Lipinski definition) is 1. The van der Waals surface area contributed by atoms with Crippen LogP contribution in [0.4, 0.5) is 0 Å². The second-order valence-electron chi connectivity index (χ2n) is 3.25. The Morgan fingerprint density at radius 3 is 2.93 bits per heavy atom. The first kappa shape index (κ1) is 13.0. The summed E-state index contributed by atoms with van der Waals surface area (Å²) in [5.74, 6) is 2.68. The zero-order valence-electron chi connectivity index (χ0n) is 8.56. The van der Waals surface area contributed by atoms with Gasteiger partial charge in [-0.25, -0.2) is 0 Å². The van der Waals surface area contributed by atoms with Gasteiger partial charge in [-0.1, -0.05) is 15.9 Å². The molecule has 0 aliphatic carbocycles. The fraction of sp³-hybridized carbons (Fsp3) is 0.333. The quantitative estimate of drug-likeness (QED) is 0.622. The van der Waals surface area contributed by atoms with Gasteiger partial charge >= 0.3 is 0 Å². The Morgan fingerprint density at radius 1 is 1.60 bits per heavy atom. The molecule has 1 nitrogen and oxygen atoms in total. The molecule has 0 aliphatic rings. The van der Waals surface area contributed by atoms with E-state index < -0.39 is 0 Å². The molecule has 0 saturated carbocycles. The van der Waals surface area contributed by atoms with Crippen molar-refractivity contribution < 1.29 is 0 Å². The molecular weight excluding hydrogens is 365 g/mol. The largest absolute Gasteiger partial charge is 0.313 e. The normalized spacial score (nSPS) is 12.1. The molecule has 0 amide bonds. The Hall–Kier alpha value is -0.0500. The second-order valence-corrected chi connectivity index (χ2v) is 5.35. The number of terminal acetylenes is 1. The van der Waals surface area contributed by atoms with Gasteiger partial charge in [-0.15, -0.1) is 12.3 Å². The molecule has 1 N–H and O–H groups in total. The molecule has 0 aromatic heterocycles. The molecule has 0 aliphatic heterocycles. The maximum atomic E-state index is 5.29. The van der Waals surface area contributed by atoms with E-state index >= 15 is 0 Å². The zero-order valence-corrected chi connectivity index (χ0v) is 12.3. The molecule has 1 aromatic carbocycles. The standard InChI is InChI=1S/C12H13BrIN/c1-3-4-5-12(15-2)10-8-9(14)6-7-11(10)13/h1,6-8,12,15H,4-5H2,2H3. The molecule has 1 atom stereocenters. The first-order valence-corrected chi connectivity index (χ1v) is 6.62. The van der Waals surface area contributed by atoms with Crippen LogP contribution >= 0.6 is 38.5 Å². The van der Waals surface area contributed by atoms with Gasteiger partial charge in [0.1, 0.15) is 0 Å². The van der Waals surface area contributed by atoms with Gasteiger partial charge in [0.2, 0.25) is 0 Å². The number of rotatable bonds is 4. The summed E-state index contributed by atoms with van der Waals surface area (Å²) in [4.78, 5) is 0. The minimum Gasteiger partial charge on any atom is -0.313 e. The lowest BCUT2D eigenvalue weighted by atomic mass is 10.0. The number of nitrogens with one attached hydrogen (secondary N) is 1. The Kier molecular flexibility index (Phi) is 5.65. The van der Waals surface area contributed by atoms with Crippen molar-refractivity contribution in [3.63, 3.8) is 0 Å². The van der Waals surface area contributed by atoms with Gasteiger partial charge in [0.05, 0.1) is 0 Å². The van der Waals surface area contributed by atoms with Crippen LogP contribution in [-0.4, -0.2) is 7.05 Å². The molecule has 15 heavy (non-hydrogen) atoms. The minimum absolute atomic E-state index is 0.324. The maximum absolute atomic E-state index is 5.29. The lowest BCUT2D eigenvalue weighted by Crippen LogP contribution is -2.16. The van der Waals surface area contributed by atoms with Gasteiger partial charge < -0.3 is 5.32 Å². The van der Waals surface area contributed by atoms with Crippen LogP contribution in [0.5, 0.6) is 0 Å². The van der Waals surface area contributed by atoms with Crippen molar-refractivity contribution in [3.05, 3.63) is 31.8 Å². The molecule has 0 bridgehead atoms. The van der Waals surface area contributed by atoms with Crippen LogP contribution in [0.2, 0.25) is 0 Å². The number of hydrogen-bond donors (Lipinski definition) is 1. The van der Waals surface area contributed by atoms with Gasteiger partial charge in [0, 0.05) is 20.5 Å². The second kappa shape index (κ2) is 6.51. The third-order valence-corrected chi connectivity index (χ3v) is 3.65. The molecule has 0 radical (unpaired) electrons. The van der Waals surface area contributed by atoms with Crippen LogP contribution in [-0.2, 0) is 0 Å². The van der Waals surface area contributed by atoms with Crippen molar-refractivity contribution in [3.8, 4) is 12.3 Å². The average Bonchev–Trinajstić information content (AvgIpc) is 2.24. The summed E-state index contributed by atoms with van der Waals surface area (Å²) in [6, 6.07) is 6.67. The van der Waals surface area contributed by atoms with Gasteiger partial charge in [-0.2, -0.15) is 0 Å². The van der Waals surface area contributed by atoms with E-state index in [2.05, 4.69) is 68.0 Å². The fourth-order valence-corrected chi connectivity index (χ4v) is 2.50. The van der Waals surface area contributed by atoms with E-state index in [1.807, 2.05) is 7.05 Å². The molecule has 1 unspecified atom stereocenters. The summed E-state index contributed by atoms with van der Waals surface area (Å²) in [5, 5.41) is 3.29. The Morgan fingerprint density at radius 2 is 2.33 bits per heavy atom. The first-order valence-electron chi connectivity index (χ1n) is 4.74. The van der Waals surface area contributed by atoms with Gasteiger partial charge in [-0.3, -0.25) is 0 Å². The SMILES string of the molecule is C#CCCC(NC)c1cc(I)ccc1Br. The Bertz CT molecular complexity index is 370.